The van der Waals surface area contributed by atoms with Crippen molar-refractivity contribution >= 4 is 34.9 Å². The van der Waals surface area contributed by atoms with Crippen molar-refractivity contribution in [1.82, 2.24) is 16.8 Å². The number of hydrogen-bond donors (Lipinski definition) is 4. The SMILES string of the molecule is C=C(CCCC(=O)CCC(=O)NCCCC[C@H](CCC(C)=O)C(N)=O)NCCOCCOCC(=O)CCCOCCOCC(C)=O.N. The van der Waals surface area contributed by atoms with E-state index in [1.54, 1.807) is 0 Å². The van der Waals surface area contributed by atoms with Crippen LogP contribution in [0, 0.1) is 5.92 Å². The fraction of sp³-hybridized carbons (Fsp3) is 0.758. The van der Waals surface area contributed by atoms with Gasteiger partial charge in [-0.3, -0.25) is 24.0 Å². The van der Waals surface area contributed by atoms with Crippen LogP contribution >= 0.6 is 0 Å². The Labute approximate surface area is 280 Å². The summed E-state index contributed by atoms with van der Waals surface area (Å²) in [5, 5.41) is 5.96. The smallest absolute Gasteiger partial charge is 0.220 e. The minimum atomic E-state index is -0.400. The summed E-state index contributed by atoms with van der Waals surface area (Å²) in [5.41, 5.74) is 6.21. The molecule has 0 radical (unpaired) electrons. The maximum Gasteiger partial charge on any atom is 0.220 e. The van der Waals surface area contributed by atoms with Crippen LogP contribution in [0.4, 0.5) is 0 Å². The number of carbonyl (C=O) groups excluding carboxylic acids is 6. The number of hydrogen-bond acceptors (Lipinski definition) is 12. The summed E-state index contributed by atoms with van der Waals surface area (Å²) in [6.07, 6.45) is 5.75. The first-order valence-corrected chi connectivity index (χ1v) is 16.3. The highest BCUT2D eigenvalue weighted by Crippen LogP contribution is 2.14. The molecule has 0 rings (SSSR count). The van der Waals surface area contributed by atoms with Gasteiger partial charge >= 0.3 is 0 Å². The van der Waals surface area contributed by atoms with Gasteiger partial charge in [0.05, 0.1) is 33.0 Å². The summed E-state index contributed by atoms with van der Waals surface area (Å²) in [7, 11) is 0. The molecule has 0 heterocycles. The van der Waals surface area contributed by atoms with Crippen LogP contribution in [0.15, 0.2) is 12.3 Å². The average molecular weight is 673 g/mol. The van der Waals surface area contributed by atoms with Gasteiger partial charge in [0.25, 0.3) is 0 Å². The molecule has 0 spiro atoms. The van der Waals surface area contributed by atoms with Crippen molar-refractivity contribution in [2.24, 2.45) is 11.7 Å². The number of nitrogens with two attached hydrogens (primary N) is 1. The Kier molecular flexibility index (Phi) is 30.9. The zero-order valence-electron chi connectivity index (χ0n) is 28.7. The van der Waals surface area contributed by atoms with Crippen LogP contribution in [-0.2, 0) is 47.7 Å². The Morgan fingerprint density at radius 2 is 1.23 bits per heavy atom. The molecule has 0 bridgehead atoms. The molecule has 0 fully saturated rings. The second-order valence-electron chi connectivity index (χ2n) is 11.3. The number of nitrogens with one attached hydrogen (secondary N) is 2. The van der Waals surface area contributed by atoms with Gasteiger partial charge in [0.1, 0.15) is 24.8 Å². The predicted molar refractivity (Wildman–Crippen MR) is 178 cm³/mol. The summed E-state index contributed by atoms with van der Waals surface area (Å²) >= 11 is 0. The van der Waals surface area contributed by atoms with Gasteiger partial charge in [-0.15, -0.1) is 0 Å². The van der Waals surface area contributed by atoms with Crippen LogP contribution in [0.25, 0.3) is 0 Å². The van der Waals surface area contributed by atoms with Crippen LogP contribution in [0.5, 0.6) is 0 Å². The number of ether oxygens (including phenoxy) is 4. The highest BCUT2D eigenvalue weighted by Gasteiger charge is 2.15. The molecule has 0 aromatic heterocycles. The van der Waals surface area contributed by atoms with Gasteiger partial charge in [-0.1, -0.05) is 13.0 Å². The number of unbranched alkanes of at least 4 members (excludes halogenated alkanes) is 1. The first-order valence-electron chi connectivity index (χ1n) is 16.3. The van der Waals surface area contributed by atoms with E-state index in [-0.39, 0.29) is 67.2 Å². The third-order valence-corrected chi connectivity index (χ3v) is 6.79. The summed E-state index contributed by atoms with van der Waals surface area (Å²) < 4.78 is 21.3. The molecule has 272 valence electrons. The normalized spacial score (nSPS) is 11.3. The summed E-state index contributed by atoms with van der Waals surface area (Å²) in [4.78, 5) is 69.3. The van der Waals surface area contributed by atoms with Gasteiger partial charge < -0.3 is 46.3 Å². The van der Waals surface area contributed by atoms with Crippen molar-refractivity contribution in [1.29, 1.82) is 0 Å². The highest BCUT2D eigenvalue weighted by molar-refractivity contribution is 5.85. The minimum Gasteiger partial charge on any atom is -0.387 e. The average Bonchev–Trinajstić information content (AvgIpc) is 2.99. The lowest BCUT2D eigenvalue weighted by atomic mass is 9.95. The summed E-state index contributed by atoms with van der Waals surface area (Å²) in [5.74, 6) is -0.870. The van der Waals surface area contributed by atoms with Gasteiger partial charge in [-0.2, -0.15) is 0 Å². The molecule has 0 aliphatic rings. The van der Waals surface area contributed by atoms with E-state index in [0.29, 0.717) is 117 Å². The summed E-state index contributed by atoms with van der Waals surface area (Å²) in [6, 6.07) is 0. The molecule has 14 heteroatoms. The molecule has 0 aliphatic carbocycles. The van der Waals surface area contributed by atoms with Crippen LogP contribution in [0.3, 0.4) is 0 Å². The van der Waals surface area contributed by atoms with Crippen LogP contribution < -0.4 is 22.5 Å². The largest absolute Gasteiger partial charge is 0.387 e. The molecule has 0 aromatic carbocycles. The Balaban J connectivity index is 0. The highest BCUT2D eigenvalue weighted by atomic mass is 16.5. The molecule has 2 amide bonds. The third kappa shape index (κ3) is 32.7. The Morgan fingerprint density at radius 3 is 1.89 bits per heavy atom. The van der Waals surface area contributed by atoms with E-state index in [0.717, 1.165) is 5.70 Å². The van der Waals surface area contributed by atoms with Gasteiger partial charge in [0.2, 0.25) is 11.8 Å². The minimum absolute atomic E-state index is 0. The number of ketones is 4. The van der Waals surface area contributed by atoms with E-state index in [4.69, 9.17) is 24.7 Å². The van der Waals surface area contributed by atoms with Crippen molar-refractivity contribution in [2.45, 2.75) is 90.9 Å². The fourth-order valence-corrected chi connectivity index (χ4v) is 4.19. The zero-order chi connectivity index (χ0) is 34.4. The fourth-order valence-electron chi connectivity index (χ4n) is 4.19. The third-order valence-electron chi connectivity index (χ3n) is 6.79. The number of rotatable bonds is 34. The Morgan fingerprint density at radius 1 is 0.596 bits per heavy atom. The second-order valence-corrected chi connectivity index (χ2v) is 11.3. The molecular weight excluding hydrogens is 612 g/mol. The maximum absolute atomic E-state index is 12.1. The number of primary amides is 1. The number of carbonyl (C=O) groups is 6. The standard InChI is InChI=1S/C33H57N3O10.H3N/c1-26(35-17-19-44-21-23-46-25-31(40)11-7-18-43-20-22-45-24-28(3)38)8-6-10-30(39)14-15-32(41)36-16-5-4-9-29(33(34)42)13-12-27(2)37;/h29,35H,1,4-25H2,2-3H3,(H2,34,42)(H,36,41);1H3/t29-;/m1./s1. The molecule has 1 atom stereocenters. The molecule has 0 aliphatic heterocycles. The predicted octanol–water partition coefficient (Wildman–Crippen LogP) is 2.53. The van der Waals surface area contributed by atoms with E-state index < -0.39 is 5.91 Å². The van der Waals surface area contributed by atoms with Gasteiger partial charge in [-0.25, -0.2) is 0 Å². The quantitative estimate of drug-likeness (QED) is 0.0724. The van der Waals surface area contributed by atoms with Crippen LogP contribution in [0.1, 0.15) is 90.9 Å². The van der Waals surface area contributed by atoms with Crippen molar-refractivity contribution in [2.75, 3.05) is 65.9 Å². The Bertz CT molecular complexity index is 929. The lowest BCUT2D eigenvalue weighted by molar-refractivity contribution is -0.125. The number of Topliss-reactive ketones (excluding diaryl/α,β-unsaturated/α-hetero) is 4. The van der Waals surface area contributed by atoms with E-state index >= 15 is 0 Å². The topological polar surface area (TPSA) is 224 Å². The van der Waals surface area contributed by atoms with Crippen LogP contribution in [0.2, 0.25) is 0 Å². The van der Waals surface area contributed by atoms with Gasteiger partial charge in [0.15, 0.2) is 11.6 Å². The van der Waals surface area contributed by atoms with Crippen molar-refractivity contribution < 1.29 is 47.7 Å². The van der Waals surface area contributed by atoms with Crippen molar-refractivity contribution in [3.05, 3.63) is 12.3 Å². The molecule has 47 heavy (non-hydrogen) atoms. The monoisotopic (exact) mass is 672 g/mol. The molecule has 0 saturated carbocycles. The number of allylic oxidation sites excluding steroid dienone is 1. The Hall–Kier alpha value is -3.04. The van der Waals surface area contributed by atoms with Gasteiger partial charge in [-0.05, 0) is 52.4 Å². The number of amides is 2. The molecule has 0 saturated heterocycles. The first kappa shape index (κ1) is 46.1. The molecule has 14 nitrogen and oxygen atoms in total. The zero-order valence-corrected chi connectivity index (χ0v) is 28.7. The van der Waals surface area contributed by atoms with Gasteiger partial charge in [0, 0.05) is 63.4 Å². The van der Waals surface area contributed by atoms with Crippen LogP contribution in [-0.4, -0.2) is 101 Å². The first-order chi connectivity index (χ1) is 22.0. The van der Waals surface area contributed by atoms with Crippen molar-refractivity contribution in [3.8, 4) is 0 Å². The van der Waals surface area contributed by atoms with E-state index in [9.17, 15) is 28.8 Å². The molecule has 0 aromatic rings. The van der Waals surface area contributed by atoms with E-state index in [2.05, 4.69) is 17.2 Å². The molecule has 7 N–H and O–H groups in total. The molecular formula is C33H60N4O10. The van der Waals surface area contributed by atoms with E-state index in [1.165, 1.54) is 13.8 Å². The maximum atomic E-state index is 12.1. The lowest BCUT2D eigenvalue weighted by Gasteiger charge is -2.12. The second kappa shape index (κ2) is 31.6. The summed E-state index contributed by atoms with van der Waals surface area (Å²) in [6.45, 7) is 10.4. The van der Waals surface area contributed by atoms with E-state index in [1.807, 2.05) is 0 Å². The molecule has 0 unspecified atom stereocenters. The van der Waals surface area contributed by atoms with Crippen molar-refractivity contribution in [3.63, 3.8) is 0 Å². The lowest BCUT2D eigenvalue weighted by Crippen LogP contribution is -2.26.